The molecular weight excluding hydrogens is 295 g/mol. The molecule has 0 aliphatic rings. The fraction of sp³-hybridized carbons (Fsp3) is 0.0625. The molecule has 3 aromatic rings. The van der Waals surface area contributed by atoms with E-state index in [-0.39, 0.29) is 62.6 Å². The molecule has 0 unspecified atom stereocenters. The summed E-state index contributed by atoms with van der Waals surface area (Å²) in [7, 11) is 1.59. The fourth-order valence-corrected chi connectivity index (χ4v) is 2.09. The summed E-state index contributed by atoms with van der Waals surface area (Å²) in [5.41, 5.74) is 1.48. The van der Waals surface area contributed by atoms with E-state index in [2.05, 4.69) is 0 Å². The van der Waals surface area contributed by atoms with Crippen molar-refractivity contribution in [3.63, 3.8) is 0 Å². The Morgan fingerprint density at radius 1 is 1.10 bits per heavy atom. The second-order valence-corrected chi connectivity index (χ2v) is 4.39. The minimum atomic E-state index is -0.128. The van der Waals surface area contributed by atoms with Gasteiger partial charge < -0.3 is 14.3 Å². The maximum absolute atomic E-state index is 12.4. The van der Waals surface area contributed by atoms with Crippen molar-refractivity contribution in [1.29, 1.82) is 0 Å². The fourth-order valence-electron chi connectivity index (χ4n) is 2.09. The Hall–Kier alpha value is -1.11. The van der Waals surface area contributed by atoms with Crippen LogP contribution >= 0.6 is 0 Å². The van der Waals surface area contributed by atoms with Crippen molar-refractivity contribution in [2.45, 2.75) is 0 Å². The Kier molecular flexibility index (Phi) is 5.24. The average Bonchev–Trinajstić information content (AvgIpc) is 2.48. The summed E-state index contributed by atoms with van der Waals surface area (Å²) in [6, 6.07) is 11.6. The normalized spacial score (nSPS) is 10.1. The Morgan fingerprint density at radius 3 is 2.48 bits per heavy atom. The summed E-state index contributed by atoms with van der Waals surface area (Å²) in [6.07, 6.45) is 1.41. The number of aromatic hydroxyl groups is 1. The second-order valence-electron chi connectivity index (χ2n) is 4.39. The van der Waals surface area contributed by atoms with Crippen LogP contribution in [0, 0.1) is 0 Å². The molecule has 1 heterocycles. The molecule has 0 aliphatic carbocycles. The number of fused-ring (bicyclic) bond motifs is 1. The molecule has 0 bridgehead atoms. The van der Waals surface area contributed by atoms with E-state index in [0.29, 0.717) is 16.5 Å². The Balaban J connectivity index is 0.00000161. The molecule has 0 fully saturated rings. The Morgan fingerprint density at radius 2 is 1.81 bits per heavy atom. The third-order valence-corrected chi connectivity index (χ3v) is 3.16. The standard InChI is InChI=1S/C16H12O4.K.H/c1-19-12-5-2-10(3-6-12)14-9-20-15-8-11(17)4-7-13(15)16(14)18;;/h2-9,17H,1H3;;. The van der Waals surface area contributed by atoms with Crippen molar-refractivity contribution >= 4 is 62.4 Å². The van der Waals surface area contributed by atoms with Crippen LogP contribution in [-0.4, -0.2) is 63.6 Å². The van der Waals surface area contributed by atoms with Crippen molar-refractivity contribution in [2.24, 2.45) is 0 Å². The van der Waals surface area contributed by atoms with E-state index in [0.717, 1.165) is 11.3 Å². The van der Waals surface area contributed by atoms with E-state index in [1.807, 2.05) is 0 Å². The van der Waals surface area contributed by atoms with Crippen LogP contribution in [0.1, 0.15) is 0 Å². The van der Waals surface area contributed by atoms with Gasteiger partial charge in [-0.25, -0.2) is 0 Å². The van der Waals surface area contributed by atoms with Crippen molar-refractivity contribution in [3.05, 3.63) is 59.0 Å². The molecule has 4 nitrogen and oxygen atoms in total. The van der Waals surface area contributed by atoms with Crippen molar-refractivity contribution in [3.8, 4) is 22.6 Å². The van der Waals surface area contributed by atoms with Gasteiger partial charge in [0.15, 0.2) is 5.43 Å². The molecule has 102 valence electrons. The van der Waals surface area contributed by atoms with Crippen LogP contribution in [0.3, 0.4) is 0 Å². The molecule has 1 N–H and O–H groups in total. The van der Waals surface area contributed by atoms with Crippen LogP contribution in [0.2, 0.25) is 0 Å². The maximum atomic E-state index is 12.4. The van der Waals surface area contributed by atoms with Gasteiger partial charge in [-0.15, -0.1) is 0 Å². The van der Waals surface area contributed by atoms with Gasteiger partial charge in [-0.05, 0) is 29.8 Å². The summed E-state index contributed by atoms with van der Waals surface area (Å²) >= 11 is 0. The van der Waals surface area contributed by atoms with Crippen LogP contribution in [0.25, 0.3) is 22.1 Å². The molecule has 0 radical (unpaired) electrons. The predicted molar refractivity (Wildman–Crippen MR) is 83.3 cm³/mol. The van der Waals surface area contributed by atoms with Crippen molar-refractivity contribution < 1.29 is 14.3 Å². The first-order valence-electron chi connectivity index (χ1n) is 6.08. The summed E-state index contributed by atoms with van der Waals surface area (Å²) in [5, 5.41) is 9.83. The number of ether oxygens (including phenoxy) is 1. The average molecular weight is 308 g/mol. The molecule has 21 heavy (non-hydrogen) atoms. The van der Waals surface area contributed by atoms with Gasteiger partial charge in [0.2, 0.25) is 0 Å². The van der Waals surface area contributed by atoms with Gasteiger partial charge in [-0.1, -0.05) is 12.1 Å². The number of hydrogen-bond acceptors (Lipinski definition) is 4. The summed E-state index contributed by atoms with van der Waals surface area (Å²) in [5.74, 6) is 0.793. The zero-order valence-corrected chi connectivity index (χ0v) is 10.8. The van der Waals surface area contributed by atoms with Gasteiger partial charge >= 0.3 is 51.4 Å². The van der Waals surface area contributed by atoms with Crippen molar-refractivity contribution in [2.75, 3.05) is 7.11 Å². The first kappa shape index (κ1) is 16.3. The van der Waals surface area contributed by atoms with Crippen LogP contribution in [-0.2, 0) is 0 Å². The van der Waals surface area contributed by atoms with E-state index >= 15 is 0 Å². The number of phenolic OH excluding ortho intramolecular Hbond substituents is 1. The van der Waals surface area contributed by atoms with Crippen LogP contribution in [0.4, 0.5) is 0 Å². The van der Waals surface area contributed by atoms with E-state index < -0.39 is 0 Å². The molecule has 2 aromatic carbocycles. The Labute approximate surface area is 163 Å². The third kappa shape index (κ3) is 3.22. The number of phenols is 1. The first-order chi connectivity index (χ1) is 9.69. The monoisotopic (exact) mass is 308 g/mol. The second kappa shape index (κ2) is 6.76. The molecule has 1 aromatic heterocycles. The molecule has 0 saturated carbocycles. The summed E-state index contributed by atoms with van der Waals surface area (Å²) < 4.78 is 10.5. The molecular formula is C16H13KO4. The molecule has 0 aliphatic heterocycles. The van der Waals surface area contributed by atoms with Gasteiger partial charge in [0.1, 0.15) is 23.3 Å². The number of benzene rings is 2. The molecule has 0 saturated heterocycles. The van der Waals surface area contributed by atoms with E-state index in [9.17, 15) is 9.90 Å². The number of rotatable bonds is 2. The van der Waals surface area contributed by atoms with Gasteiger partial charge in [-0.3, -0.25) is 4.79 Å². The first-order valence-corrected chi connectivity index (χ1v) is 6.08. The van der Waals surface area contributed by atoms with Crippen LogP contribution in [0.15, 0.2) is 57.9 Å². The van der Waals surface area contributed by atoms with Crippen molar-refractivity contribution in [1.82, 2.24) is 0 Å². The minimum absolute atomic E-state index is 0. The Bertz CT molecular complexity index is 822. The van der Waals surface area contributed by atoms with E-state index in [4.69, 9.17) is 9.15 Å². The van der Waals surface area contributed by atoms with Crippen LogP contribution < -0.4 is 10.2 Å². The van der Waals surface area contributed by atoms with E-state index in [1.54, 1.807) is 37.4 Å². The van der Waals surface area contributed by atoms with E-state index in [1.165, 1.54) is 18.4 Å². The SMILES string of the molecule is COc1ccc(-c2coc3cc(O)ccc3c2=O)cc1.[KH]. The zero-order chi connectivity index (χ0) is 14.1. The topological polar surface area (TPSA) is 59.7 Å². The molecule has 0 amide bonds. The molecule has 0 spiro atoms. The third-order valence-electron chi connectivity index (χ3n) is 3.16. The zero-order valence-electron chi connectivity index (χ0n) is 10.8. The number of hydrogen-bond donors (Lipinski definition) is 1. The van der Waals surface area contributed by atoms with Gasteiger partial charge in [0, 0.05) is 6.07 Å². The molecule has 0 atom stereocenters. The summed E-state index contributed by atoms with van der Waals surface area (Å²) in [6.45, 7) is 0. The van der Waals surface area contributed by atoms with Gasteiger partial charge in [0.25, 0.3) is 0 Å². The molecule has 3 rings (SSSR count). The predicted octanol–water partition coefficient (Wildman–Crippen LogP) is 2.53. The van der Waals surface area contributed by atoms with Gasteiger partial charge in [0.05, 0.1) is 18.1 Å². The van der Waals surface area contributed by atoms with Gasteiger partial charge in [-0.2, -0.15) is 0 Å². The number of methoxy groups -OCH3 is 1. The molecule has 5 heteroatoms. The van der Waals surface area contributed by atoms with Crippen LogP contribution in [0.5, 0.6) is 11.5 Å². The quantitative estimate of drug-likeness (QED) is 0.739. The summed E-state index contributed by atoms with van der Waals surface area (Å²) in [4.78, 5) is 12.4.